The van der Waals surface area contributed by atoms with Crippen LogP contribution >= 0.6 is 27.5 Å². The summed E-state index contributed by atoms with van der Waals surface area (Å²) in [6.07, 6.45) is 2.51. The quantitative estimate of drug-likeness (QED) is 0.786. The molecule has 0 unspecified atom stereocenters. The van der Waals surface area contributed by atoms with Crippen molar-refractivity contribution in [1.82, 2.24) is 9.88 Å². The minimum atomic E-state index is 0.00358. The number of amides is 1. The molecule has 1 saturated heterocycles. The van der Waals surface area contributed by atoms with Crippen molar-refractivity contribution in [3.8, 4) is 0 Å². The third-order valence-corrected chi connectivity index (χ3v) is 4.31. The number of carbonyl (C=O) groups excluding carboxylic acids is 1. The number of hydrogen-bond acceptors (Lipinski definition) is 3. The first-order valence-electron chi connectivity index (χ1n) is 6.30. The van der Waals surface area contributed by atoms with Gasteiger partial charge in [-0.05, 0) is 35.3 Å². The van der Waals surface area contributed by atoms with E-state index in [2.05, 4.69) is 20.9 Å². The van der Waals surface area contributed by atoms with Crippen LogP contribution in [0.5, 0.6) is 0 Å². The van der Waals surface area contributed by atoms with Gasteiger partial charge in [0.2, 0.25) is 0 Å². The molecule has 1 aromatic rings. The summed E-state index contributed by atoms with van der Waals surface area (Å²) in [5.74, 6) is 0.441. The summed E-state index contributed by atoms with van der Waals surface area (Å²) < 4.78 is 6.05. The van der Waals surface area contributed by atoms with E-state index in [-0.39, 0.29) is 5.91 Å². The van der Waals surface area contributed by atoms with Crippen LogP contribution in [0.1, 0.15) is 23.7 Å². The predicted molar refractivity (Wildman–Crippen MR) is 77.5 cm³/mol. The number of nitrogens with zero attached hydrogens (tertiary/aromatic N) is 2. The normalized spacial score (nSPS) is 18.9. The van der Waals surface area contributed by atoms with Gasteiger partial charge in [-0.25, -0.2) is 4.98 Å². The monoisotopic (exact) mass is 346 g/mol. The number of aromatic nitrogens is 1. The number of hydrogen-bond donors (Lipinski definition) is 0. The van der Waals surface area contributed by atoms with Crippen LogP contribution in [0.2, 0.25) is 5.15 Å². The second kappa shape index (κ2) is 6.68. The zero-order valence-corrected chi connectivity index (χ0v) is 13.1. The largest absolute Gasteiger partial charge is 0.381 e. The Morgan fingerprint density at radius 1 is 1.68 bits per heavy atom. The molecule has 2 heterocycles. The van der Waals surface area contributed by atoms with Gasteiger partial charge in [0, 0.05) is 31.8 Å². The molecule has 1 aromatic heterocycles. The SMILES string of the molecule is CCOC[C@H]1CCN(C(=O)c2cnc(Cl)c(Br)c2)C1. The Morgan fingerprint density at radius 3 is 3.16 bits per heavy atom. The van der Waals surface area contributed by atoms with Crippen molar-refractivity contribution in [1.29, 1.82) is 0 Å². The lowest BCUT2D eigenvalue weighted by Crippen LogP contribution is -2.29. The summed E-state index contributed by atoms with van der Waals surface area (Å²) in [6.45, 7) is 4.95. The van der Waals surface area contributed by atoms with Crippen molar-refractivity contribution < 1.29 is 9.53 Å². The molecule has 0 bridgehead atoms. The van der Waals surface area contributed by atoms with Crippen LogP contribution in [0, 0.1) is 5.92 Å². The number of likely N-dealkylation sites (tertiary alicyclic amines) is 1. The average Bonchev–Trinajstić information content (AvgIpc) is 2.87. The number of carbonyl (C=O) groups is 1. The Bertz CT molecular complexity index is 470. The summed E-state index contributed by atoms with van der Waals surface area (Å²) in [5, 5.41) is 0.368. The van der Waals surface area contributed by atoms with Crippen LogP contribution in [0.4, 0.5) is 0 Å². The zero-order valence-electron chi connectivity index (χ0n) is 10.7. The van der Waals surface area contributed by atoms with E-state index < -0.39 is 0 Å². The topological polar surface area (TPSA) is 42.4 Å². The highest BCUT2D eigenvalue weighted by Gasteiger charge is 2.27. The van der Waals surface area contributed by atoms with Crippen LogP contribution in [-0.4, -0.2) is 42.1 Å². The number of ether oxygens (including phenoxy) is 1. The van der Waals surface area contributed by atoms with E-state index in [1.807, 2.05) is 11.8 Å². The van der Waals surface area contributed by atoms with Gasteiger partial charge in [-0.1, -0.05) is 11.6 Å². The molecule has 1 fully saturated rings. The van der Waals surface area contributed by atoms with Gasteiger partial charge in [-0.2, -0.15) is 0 Å². The summed E-state index contributed by atoms with van der Waals surface area (Å²) >= 11 is 9.11. The minimum absolute atomic E-state index is 0.00358. The Balaban J connectivity index is 1.99. The molecule has 1 amide bonds. The van der Waals surface area contributed by atoms with Crippen molar-refractivity contribution in [3.05, 3.63) is 27.5 Å². The molecule has 19 heavy (non-hydrogen) atoms. The number of pyridine rings is 1. The number of rotatable bonds is 4. The first-order valence-corrected chi connectivity index (χ1v) is 7.47. The molecule has 1 aliphatic rings. The molecular weight excluding hydrogens is 332 g/mol. The average molecular weight is 348 g/mol. The van der Waals surface area contributed by atoms with Gasteiger partial charge in [0.15, 0.2) is 0 Å². The van der Waals surface area contributed by atoms with Gasteiger partial charge in [0.25, 0.3) is 5.91 Å². The van der Waals surface area contributed by atoms with Gasteiger partial charge in [0.05, 0.1) is 16.6 Å². The lowest BCUT2D eigenvalue weighted by molar-refractivity contribution is 0.0762. The van der Waals surface area contributed by atoms with Gasteiger partial charge in [-0.15, -0.1) is 0 Å². The zero-order chi connectivity index (χ0) is 13.8. The van der Waals surface area contributed by atoms with Crippen LogP contribution in [0.25, 0.3) is 0 Å². The molecule has 0 aliphatic carbocycles. The predicted octanol–water partition coefficient (Wildman–Crippen LogP) is 3.00. The van der Waals surface area contributed by atoms with E-state index in [9.17, 15) is 4.79 Å². The molecule has 4 nitrogen and oxygen atoms in total. The van der Waals surface area contributed by atoms with E-state index in [1.54, 1.807) is 6.07 Å². The van der Waals surface area contributed by atoms with Gasteiger partial charge in [-0.3, -0.25) is 4.79 Å². The number of halogens is 2. The second-order valence-corrected chi connectivity index (χ2v) is 5.77. The minimum Gasteiger partial charge on any atom is -0.381 e. The summed E-state index contributed by atoms with van der Waals surface area (Å²) in [5.41, 5.74) is 0.563. The molecule has 0 saturated carbocycles. The van der Waals surface area contributed by atoms with Crippen LogP contribution in [0.3, 0.4) is 0 Å². The molecule has 6 heteroatoms. The maximum atomic E-state index is 12.3. The van der Waals surface area contributed by atoms with Crippen LogP contribution < -0.4 is 0 Å². The Labute approximate surface area is 126 Å². The highest BCUT2D eigenvalue weighted by molar-refractivity contribution is 9.10. The fourth-order valence-corrected chi connectivity index (χ4v) is 2.61. The molecule has 0 radical (unpaired) electrons. The van der Waals surface area contributed by atoms with E-state index in [0.717, 1.165) is 32.7 Å². The first kappa shape index (κ1) is 14.8. The lowest BCUT2D eigenvalue weighted by Gasteiger charge is -2.16. The maximum Gasteiger partial charge on any atom is 0.255 e. The Hall–Kier alpha value is -0.650. The van der Waals surface area contributed by atoms with E-state index in [1.165, 1.54) is 6.20 Å². The van der Waals surface area contributed by atoms with Crippen LogP contribution in [0.15, 0.2) is 16.7 Å². The smallest absolute Gasteiger partial charge is 0.255 e. The maximum absolute atomic E-state index is 12.3. The van der Waals surface area contributed by atoms with Gasteiger partial charge < -0.3 is 9.64 Å². The van der Waals surface area contributed by atoms with Gasteiger partial charge >= 0.3 is 0 Å². The Kier molecular flexibility index (Phi) is 5.19. The molecular formula is C13H16BrClN2O2. The fraction of sp³-hybridized carbons (Fsp3) is 0.538. The molecule has 1 atom stereocenters. The van der Waals surface area contributed by atoms with Gasteiger partial charge in [0.1, 0.15) is 5.15 Å². The molecule has 2 rings (SSSR count). The molecule has 0 spiro atoms. The molecule has 0 N–H and O–H groups in total. The fourth-order valence-electron chi connectivity index (χ4n) is 2.16. The standard InChI is InChI=1S/C13H16BrClN2O2/c1-2-19-8-9-3-4-17(7-9)13(18)10-5-11(14)12(15)16-6-10/h5-6,9H,2-4,7-8H2,1H3/t9-/m0/s1. The highest BCUT2D eigenvalue weighted by atomic mass is 79.9. The van der Waals surface area contributed by atoms with E-state index in [0.29, 0.717) is 21.1 Å². The third-order valence-electron chi connectivity index (χ3n) is 3.17. The lowest BCUT2D eigenvalue weighted by atomic mass is 10.1. The first-order chi connectivity index (χ1) is 9.11. The molecule has 0 aromatic carbocycles. The van der Waals surface area contributed by atoms with Crippen LogP contribution in [-0.2, 0) is 4.74 Å². The van der Waals surface area contributed by atoms with Crippen molar-refractivity contribution >= 4 is 33.4 Å². The third kappa shape index (κ3) is 3.68. The van der Waals surface area contributed by atoms with Crippen molar-refractivity contribution in [3.63, 3.8) is 0 Å². The van der Waals surface area contributed by atoms with Crippen molar-refractivity contribution in [2.75, 3.05) is 26.3 Å². The molecule has 1 aliphatic heterocycles. The second-order valence-electron chi connectivity index (χ2n) is 4.56. The van der Waals surface area contributed by atoms with Crippen molar-refractivity contribution in [2.45, 2.75) is 13.3 Å². The summed E-state index contributed by atoms with van der Waals surface area (Å²) in [4.78, 5) is 18.1. The van der Waals surface area contributed by atoms with E-state index in [4.69, 9.17) is 16.3 Å². The van der Waals surface area contributed by atoms with E-state index >= 15 is 0 Å². The van der Waals surface area contributed by atoms with Crippen molar-refractivity contribution in [2.24, 2.45) is 5.92 Å². The molecule has 104 valence electrons. The highest BCUT2D eigenvalue weighted by Crippen LogP contribution is 2.23. The Morgan fingerprint density at radius 2 is 2.47 bits per heavy atom. The summed E-state index contributed by atoms with van der Waals surface area (Å²) in [6, 6.07) is 1.72. The summed E-state index contributed by atoms with van der Waals surface area (Å²) in [7, 11) is 0.